The monoisotopic (exact) mass is 1070 g/mol. The van der Waals surface area contributed by atoms with Gasteiger partial charge in [0.25, 0.3) is 19.1 Å². The molecular formula is C46H43BBr2ClN8O6S2. The topological polar surface area (TPSA) is 163 Å². The summed E-state index contributed by atoms with van der Waals surface area (Å²) in [6.07, 6.45) is 3.23. The van der Waals surface area contributed by atoms with Gasteiger partial charge in [-0.15, -0.1) is 0 Å². The van der Waals surface area contributed by atoms with E-state index in [9.17, 15) is 16.8 Å². The van der Waals surface area contributed by atoms with E-state index >= 15 is 0 Å². The maximum Gasteiger partial charge on any atom is 0.264 e. The van der Waals surface area contributed by atoms with E-state index in [4.69, 9.17) is 20.2 Å². The molecule has 0 saturated carbocycles. The summed E-state index contributed by atoms with van der Waals surface area (Å²) < 4.78 is 66.9. The van der Waals surface area contributed by atoms with E-state index in [0.717, 1.165) is 32.0 Å². The van der Waals surface area contributed by atoms with Crippen LogP contribution in [0.2, 0.25) is 0 Å². The number of para-hydroxylation sites is 2. The molecule has 8 rings (SSSR count). The number of anilines is 2. The van der Waals surface area contributed by atoms with Crippen molar-refractivity contribution in [3.63, 3.8) is 0 Å². The van der Waals surface area contributed by atoms with Crippen LogP contribution in [0.3, 0.4) is 0 Å². The molecular weight excluding hydrogens is 1030 g/mol. The maximum absolute atomic E-state index is 13.7. The first kappa shape index (κ1) is 51.0. The van der Waals surface area contributed by atoms with Crippen LogP contribution in [0, 0.1) is 13.8 Å². The fourth-order valence-electron chi connectivity index (χ4n) is 6.02. The van der Waals surface area contributed by atoms with E-state index in [1.54, 1.807) is 97.5 Å². The maximum atomic E-state index is 13.7. The summed E-state index contributed by atoms with van der Waals surface area (Å²) in [6, 6.07) is 43.8. The number of hydrogen-bond donors (Lipinski definition) is 1. The van der Waals surface area contributed by atoms with Crippen molar-refractivity contribution in [2.24, 2.45) is 14.1 Å². The van der Waals surface area contributed by atoms with Crippen molar-refractivity contribution >= 4 is 81.4 Å². The lowest BCUT2D eigenvalue weighted by Crippen LogP contribution is -2.31. The molecule has 6 aromatic carbocycles. The van der Waals surface area contributed by atoms with Gasteiger partial charge in [-0.1, -0.05) is 68.3 Å². The molecule has 2 aromatic heterocycles. The third kappa shape index (κ3) is 14.8. The highest BCUT2D eigenvalue weighted by molar-refractivity contribution is 9.10. The van der Waals surface area contributed by atoms with E-state index < -0.39 is 19.1 Å². The van der Waals surface area contributed by atoms with Gasteiger partial charge < -0.3 is 14.8 Å². The molecule has 20 heteroatoms. The lowest BCUT2D eigenvalue weighted by atomic mass is 10.2. The summed E-state index contributed by atoms with van der Waals surface area (Å²) >= 11 is 6.62. The van der Waals surface area contributed by atoms with Crippen molar-refractivity contribution in [2.45, 2.75) is 36.7 Å². The molecule has 0 spiro atoms. The van der Waals surface area contributed by atoms with Crippen molar-refractivity contribution in [2.75, 3.05) is 9.62 Å². The molecule has 0 aliphatic rings. The predicted octanol–water partition coefficient (Wildman–Crippen LogP) is 10.6. The first-order chi connectivity index (χ1) is 31.0. The Morgan fingerprint density at radius 2 is 1.05 bits per heavy atom. The molecule has 1 N–H and O–H groups in total. The van der Waals surface area contributed by atoms with Crippen LogP contribution in [-0.2, 0) is 46.3 Å². The van der Waals surface area contributed by atoms with E-state index in [-0.39, 0.29) is 24.7 Å². The first-order valence-electron chi connectivity index (χ1n) is 19.6. The molecule has 0 aliphatic carbocycles. The highest BCUT2D eigenvalue weighted by atomic mass is 79.9. The molecule has 8 aromatic rings. The molecule has 2 heterocycles. The Hall–Kier alpha value is -5.99. The van der Waals surface area contributed by atoms with E-state index in [0.29, 0.717) is 40.7 Å². The van der Waals surface area contributed by atoms with E-state index in [1.165, 1.54) is 10.4 Å². The quantitative estimate of drug-likeness (QED) is 0.0863. The number of nitrogens with one attached hydrogen (secondary N) is 1. The zero-order valence-electron chi connectivity index (χ0n) is 36.0. The van der Waals surface area contributed by atoms with Gasteiger partial charge in [-0.2, -0.15) is 10.2 Å². The van der Waals surface area contributed by atoms with Crippen molar-refractivity contribution in [3.05, 3.63) is 190 Å². The Morgan fingerprint density at radius 3 is 1.48 bits per heavy atom. The average Bonchev–Trinajstić information content (AvgIpc) is 3.90. The highest BCUT2D eigenvalue weighted by Crippen LogP contribution is 2.31. The van der Waals surface area contributed by atoms with Gasteiger partial charge in [0.1, 0.15) is 35.7 Å². The van der Waals surface area contributed by atoms with Crippen LogP contribution < -0.4 is 19.1 Å². The van der Waals surface area contributed by atoms with E-state index in [1.807, 2.05) is 92.0 Å². The molecule has 3 radical (unpaired) electrons. The van der Waals surface area contributed by atoms with Crippen LogP contribution in [-0.4, -0.2) is 54.8 Å². The van der Waals surface area contributed by atoms with Gasteiger partial charge in [0.2, 0.25) is 0 Å². The minimum absolute atomic E-state index is 0. The Balaban J connectivity index is 0.000000206. The van der Waals surface area contributed by atoms with E-state index in [2.05, 4.69) is 57.3 Å². The second kappa shape index (κ2) is 23.5. The molecule has 66 heavy (non-hydrogen) atoms. The number of aromatic nitrogens is 6. The summed E-state index contributed by atoms with van der Waals surface area (Å²) in [5.74, 6) is 4.11. The SMILES string of the molecule is Cc1cc(Br)ccc1S(=O)(=O)Cl.Cc1cc(Br)ccc1S(=O)(=O)N(Cc1ncn(C)n1)c1ccc(Oc2ccccc2)cc1.Cn1cnc(CNc2ccc(Oc3ccccc3)cc2)n1.[B]. The van der Waals surface area contributed by atoms with Crippen LogP contribution >= 0.6 is 42.5 Å². The fourth-order valence-corrected chi connectivity index (χ4v) is 9.80. The zero-order valence-corrected chi connectivity index (χ0v) is 41.6. The van der Waals surface area contributed by atoms with Crippen LogP contribution in [0.4, 0.5) is 11.4 Å². The molecule has 0 amide bonds. The van der Waals surface area contributed by atoms with Crippen LogP contribution in [0.5, 0.6) is 23.0 Å². The highest BCUT2D eigenvalue weighted by Gasteiger charge is 2.28. The number of aryl methyl sites for hydroxylation is 4. The van der Waals surface area contributed by atoms with Gasteiger partial charge in [0.05, 0.1) is 28.6 Å². The van der Waals surface area contributed by atoms with Gasteiger partial charge >= 0.3 is 0 Å². The molecule has 0 atom stereocenters. The lowest BCUT2D eigenvalue weighted by Gasteiger charge is -2.24. The number of halogens is 3. The Kier molecular flexibility index (Phi) is 18.1. The molecule has 0 bridgehead atoms. The van der Waals surface area contributed by atoms with Crippen molar-refractivity contribution < 1.29 is 26.3 Å². The smallest absolute Gasteiger partial charge is 0.264 e. The third-order valence-electron chi connectivity index (χ3n) is 9.07. The Bertz CT molecular complexity index is 3040. The number of ether oxygens (including phenoxy) is 2. The molecule has 339 valence electrons. The Morgan fingerprint density at radius 1 is 0.606 bits per heavy atom. The summed E-state index contributed by atoms with van der Waals surface area (Å²) in [5.41, 5.74) is 2.77. The minimum atomic E-state index is -3.88. The summed E-state index contributed by atoms with van der Waals surface area (Å²) in [6.45, 7) is 4.06. The molecule has 0 saturated heterocycles. The van der Waals surface area contributed by atoms with Crippen molar-refractivity contribution in [1.82, 2.24) is 29.5 Å². The van der Waals surface area contributed by atoms with Gasteiger partial charge in [-0.25, -0.2) is 26.8 Å². The van der Waals surface area contributed by atoms with Crippen LogP contribution in [0.1, 0.15) is 22.8 Å². The Labute approximate surface area is 407 Å². The first-order valence-corrected chi connectivity index (χ1v) is 25.0. The summed E-state index contributed by atoms with van der Waals surface area (Å²) in [5, 5.41) is 11.7. The number of rotatable bonds is 13. The zero-order chi connectivity index (χ0) is 46.6. The average molecular weight is 1070 g/mol. The molecule has 0 fully saturated rings. The lowest BCUT2D eigenvalue weighted by molar-refractivity contribution is 0.482. The molecule has 14 nitrogen and oxygen atoms in total. The molecule has 0 unspecified atom stereocenters. The van der Waals surface area contributed by atoms with Crippen LogP contribution in [0.25, 0.3) is 0 Å². The number of benzene rings is 6. The van der Waals surface area contributed by atoms with Gasteiger partial charge in [0.15, 0.2) is 11.6 Å². The third-order valence-corrected chi connectivity index (χ3v) is 13.5. The summed E-state index contributed by atoms with van der Waals surface area (Å²) in [7, 11) is 1.29. The van der Waals surface area contributed by atoms with Gasteiger partial charge in [0, 0.05) is 47.8 Å². The number of hydrogen-bond acceptors (Lipinski definition) is 11. The van der Waals surface area contributed by atoms with Crippen molar-refractivity contribution in [1.29, 1.82) is 0 Å². The fraction of sp³-hybridized carbons (Fsp3) is 0.130. The van der Waals surface area contributed by atoms with Gasteiger partial charge in [-0.05, 0) is 134 Å². The minimum Gasteiger partial charge on any atom is -0.457 e. The predicted molar refractivity (Wildman–Crippen MR) is 265 cm³/mol. The van der Waals surface area contributed by atoms with Crippen LogP contribution in [0.15, 0.2) is 177 Å². The standard InChI is InChI=1S/C23H21BrN4O3S.C16H16N4O.C7H6BrClO2S.B/c1-17-14-18(24)8-13-22(17)32(29,30)28(15-23-25-16-27(2)26-23)19-9-11-21(12-10-19)31-20-6-4-3-5-7-20;1-20-12-18-16(19-20)11-17-13-7-9-15(10-8-13)21-14-5-3-2-4-6-14;1-5-4-6(8)2-3-7(5)12(9,10)11;/h3-14,16H,15H2,1-2H3;2-10,12,17H,11H2,1H3;2-4H,1H3;. The summed E-state index contributed by atoms with van der Waals surface area (Å²) in [4.78, 5) is 8.76. The number of nitrogens with zero attached hydrogens (tertiary/aromatic N) is 7. The van der Waals surface area contributed by atoms with Crippen molar-refractivity contribution in [3.8, 4) is 23.0 Å². The number of sulfonamides is 1. The largest absolute Gasteiger partial charge is 0.457 e. The molecule has 0 aliphatic heterocycles. The second-order valence-corrected chi connectivity index (χ2v) is 20.3. The van der Waals surface area contributed by atoms with Gasteiger partial charge in [-0.3, -0.25) is 13.7 Å². The second-order valence-electron chi connectivity index (χ2n) is 14.1. The normalized spacial score (nSPS) is 10.9.